The van der Waals surface area contributed by atoms with E-state index in [0.717, 1.165) is 35.0 Å². The normalized spacial score (nSPS) is 11.6. The number of rotatable bonds is 5. The van der Waals surface area contributed by atoms with Gasteiger partial charge in [0, 0.05) is 22.7 Å². The standard InChI is InChI=1S/C22H24N4O2S/c1-4-5-14-8-13-9-15(6-7-18(13)23-14)26-21(24-25-22(26)29)17-10-16(12(2)3)19(27)11-20(17)28/h6-12,23,27-28H,4-5H2,1-3H3,(H,25,29). The van der Waals surface area contributed by atoms with Crippen LogP contribution in [0, 0.1) is 0 Å². The number of nitrogens with zero attached hydrogens (tertiary/aromatic N) is 3. The fourth-order valence-corrected chi connectivity index (χ4v) is 3.90. The molecule has 4 aromatic rings. The summed E-state index contributed by atoms with van der Waals surface area (Å²) in [5.74, 6) is 0.574. The quantitative estimate of drug-likeness (QED) is 0.342. The number of phenols is 2. The van der Waals surface area contributed by atoms with Crippen LogP contribution in [0.4, 0.5) is 0 Å². The van der Waals surface area contributed by atoms with E-state index in [1.165, 1.54) is 11.8 Å². The number of thiol groups is 1. The van der Waals surface area contributed by atoms with Crippen LogP contribution in [0.3, 0.4) is 0 Å². The van der Waals surface area contributed by atoms with Crippen LogP contribution in [0.1, 0.15) is 44.4 Å². The van der Waals surface area contributed by atoms with Gasteiger partial charge in [-0.25, -0.2) is 0 Å². The Morgan fingerprint density at radius 2 is 1.86 bits per heavy atom. The summed E-state index contributed by atoms with van der Waals surface area (Å²) in [5.41, 5.74) is 4.36. The first-order chi connectivity index (χ1) is 13.9. The van der Waals surface area contributed by atoms with Gasteiger partial charge >= 0.3 is 0 Å². The number of nitrogens with one attached hydrogen (secondary N) is 1. The van der Waals surface area contributed by atoms with E-state index in [1.54, 1.807) is 10.6 Å². The Morgan fingerprint density at radius 3 is 2.59 bits per heavy atom. The second-order valence-electron chi connectivity index (χ2n) is 7.56. The summed E-state index contributed by atoms with van der Waals surface area (Å²) in [7, 11) is 0. The van der Waals surface area contributed by atoms with Crippen molar-refractivity contribution in [2.24, 2.45) is 0 Å². The van der Waals surface area contributed by atoms with Gasteiger partial charge in [-0.1, -0.05) is 27.2 Å². The maximum Gasteiger partial charge on any atom is 0.193 e. The molecule has 0 unspecified atom stereocenters. The molecular weight excluding hydrogens is 384 g/mol. The second kappa shape index (κ2) is 7.48. The molecule has 3 N–H and O–H groups in total. The third-order valence-electron chi connectivity index (χ3n) is 5.09. The van der Waals surface area contributed by atoms with E-state index in [9.17, 15) is 10.2 Å². The van der Waals surface area contributed by atoms with Gasteiger partial charge in [-0.2, -0.15) is 0 Å². The Hall–Kier alpha value is -2.93. The number of aromatic hydroxyl groups is 2. The summed E-state index contributed by atoms with van der Waals surface area (Å²) in [4.78, 5) is 3.44. The zero-order chi connectivity index (χ0) is 20.7. The lowest BCUT2D eigenvalue weighted by atomic mass is 9.98. The van der Waals surface area contributed by atoms with Crippen molar-refractivity contribution >= 4 is 23.5 Å². The van der Waals surface area contributed by atoms with E-state index < -0.39 is 0 Å². The maximum atomic E-state index is 10.5. The molecule has 6 nitrogen and oxygen atoms in total. The van der Waals surface area contributed by atoms with Crippen LogP contribution in [0.5, 0.6) is 11.5 Å². The highest BCUT2D eigenvalue weighted by atomic mass is 32.1. The molecule has 0 bridgehead atoms. The van der Waals surface area contributed by atoms with E-state index in [0.29, 0.717) is 16.5 Å². The summed E-state index contributed by atoms with van der Waals surface area (Å²) in [6.45, 7) is 6.12. The minimum atomic E-state index is -0.0539. The lowest BCUT2D eigenvalue weighted by Gasteiger charge is -2.14. The Morgan fingerprint density at radius 1 is 1.07 bits per heavy atom. The molecule has 0 aliphatic heterocycles. The van der Waals surface area contributed by atoms with Crippen molar-refractivity contribution in [2.45, 2.75) is 44.7 Å². The largest absolute Gasteiger partial charge is 0.508 e. The van der Waals surface area contributed by atoms with Gasteiger partial charge in [-0.3, -0.25) is 4.57 Å². The molecule has 0 saturated carbocycles. The molecule has 0 aliphatic rings. The summed E-state index contributed by atoms with van der Waals surface area (Å²) >= 11 is 4.48. The third-order valence-corrected chi connectivity index (χ3v) is 5.38. The van der Waals surface area contributed by atoms with Crippen molar-refractivity contribution in [3.05, 3.63) is 47.7 Å². The number of aromatic amines is 1. The van der Waals surface area contributed by atoms with Gasteiger partial charge < -0.3 is 15.2 Å². The highest BCUT2D eigenvalue weighted by Gasteiger charge is 2.20. The zero-order valence-corrected chi connectivity index (χ0v) is 17.5. The van der Waals surface area contributed by atoms with E-state index in [-0.39, 0.29) is 17.4 Å². The van der Waals surface area contributed by atoms with Crippen molar-refractivity contribution in [3.63, 3.8) is 0 Å². The van der Waals surface area contributed by atoms with E-state index in [1.807, 2.05) is 26.0 Å². The molecule has 29 heavy (non-hydrogen) atoms. The molecule has 0 aliphatic carbocycles. The van der Waals surface area contributed by atoms with Crippen LogP contribution in [0.2, 0.25) is 0 Å². The average molecular weight is 409 g/mol. The Labute approximate surface area is 174 Å². The number of benzene rings is 2. The van der Waals surface area contributed by atoms with Gasteiger partial charge in [0.05, 0.1) is 11.3 Å². The number of hydrogen-bond acceptors (Lipinski definition) is 5. The molecule has 0 fully saturated rings. The highest BCUT2D eigenvalue weighted by molar-refractivity contribution is 7.80. The third kappa shape index (κ3) is 3.46. The van der Waals surface area contributed by atoms with Gasteiger partial charge in [-0.05, 0) is 48.2 Å². The predicted octanol–water partition coefficient (Wildman–Crippen LogP) is 5.19. The molecular formula is C22H24N4O2S. The monoisotopic (exact) mass is 408 g/mol. The first-order valence-corrected chi connectivity index (χ1v) is 10.2. The highest BCUT2D eigenvalue weighted by Crippen LogP contribution is 2.38. The van der Waals surface area contributed by atoms with Crippen LogP contribution in [0.15, 0.2) is 41.6 Å². The smallest absolute Gasteiger partial charge is 0.193 e. The first-order valence-electron chi connectivity index (χ1n) is 9.71. The number of aryl methyl sites for hydroxylation is 1. The minimum Gasteiger partial charge on any atom is -0.508 e. The average Bonchev–Trinajstić information content (AvgIpc) is 3.24. The molecule has 2 heterocycles. The van der Waals surface area contributed by atoms with Crippen molar-refractivity contribution in [1.82, 2.24) is 19.7 Å². The molecule has 0 atom stereocenters. The molecule has 2 aromatic carbocycles. The van der Waals surface area contributed by atoms with Crippen LogP contribution < -0.4 is 0 Å². The molecule has 0 spiro atoms. The summed E-state index contributed by atoms with van der Waals surface area (Å²) in [6.07, 6.45) is 2.08. The van der Waals surface area contributed by atoms with Crippen molar-refractivity contribution in [2.75, 3.05) is 0 Å². The van der Waals surface area contributed by atoms with E-state index >= 15 is 0 Å². The number of hydrogen-bond donors (Lipinski definition) is 4. The Kier molecular flexibility index (Phi) is 5.00. The first kappa shape index (κ1) is 19.4. The predicted molar refractivity (Wildman–Crippen MR) is 117 cm³/mol. The maximum absolute atomic E-state index is 10.5. The Bertz CT molecular complexity index is 1190. The number of H-pyrrole nitrogens is 1. The van der Waals surface area contributed by atoms with E-state index in [4.69, 9.17) is 0 Å². The lowest BCUT2D eigenvalue weighted by molar-refractivity contribution is 0.444. The molecule has 0 saturated heterocycles. The minimum absolute atomic E-state index is 0.0539. The topological polar surface area (TPSA) is 87.0 Å². The van der Waals surface area contributed by atoms with Crippen LogP contribution in [0.25, 0.3) is 28.0 Å². The lowest BCUT2D eigenvalue weighted by Crippen LogP contribution is -2.00. The molecule has 7 heteroatoms. The summed E-state index contributed by atoms with van der Waals surface area (Å²) < 4.78 is 1.80. The molecule has 0 amide bonds. The van der Waals surface area contributed by atoms with Crippen LogP contribution in [-0.4, -0.2) is 30.0 Å². The fourth-order valence-electron chi connectivity index (χ4n) is 3.65. The summed E-state index contributed by atoms with van der Waals surface area (Å²) in [5, 5.41) is 30.5. The van der Waals surface area contributed by atoms with Crippen molar-refractivity contribution in [3.8, 4) is 28.6 Å². The number of phenolic OH excluding ortho intramolecular Hbond substituents is 2. The molecule has 0 radical (unpaired) electrons. The Balaban J connectivity index is 1.87. The molecule has 150 valence electrons. The number of aromatic nitrogens is 4. The SMILES string of the molecule is CCCc1cc2cc(-n3c(S)nnc3-c3cc(C(C)C)c(O)cc3O)ccc2[nH]1. The zero-order valence-electron chi connectivity index (χ0n) is 16.6. The van der Waals surface area contributed by atoms with E-state index in [2.05, 4.69) is 46.9 Å². The van der Waals surface area contributed by atoms with Gasteiger partial charge in [0.25, 0.3) is 0 Å². The summed E-state index contributed by atoms with van der Waals surface area (Å²) in [6, 6.07) is 11.3. The van der Waals surface area contributed by atoms with Crippen molar-refractivity contribution < 1.29 is 10.2 Å². The van der Waals surface area contributed by atoms with Crippen LogP contribution >= 0.6 is 12.6 Å². The van der Waals surface area contributed by atoms with Crippen molar-refractivity contribution in [1.29, 1.82) is 0 Å². The van der Waals surface area contributed by atoms with Gasteiger partial charge in [0.2, 0.25) is 0 Å². The van der Waals surface area contributed by atoms with Gasteiger partial charge in [0.15, 0.2) is 11.0 Å². The van der Waals surface area contributed by atoms with Gasteiger partial charge in [-0.15, -0.1) is 22.8 Å². The second-order valence-corrected chi connectivity index (χ2v) is 7.96. The van der Waals surface area contributed by atoms with Gasteiger partial charge in [0.1, 0.15) is 11.5 Å². The fraction of sp³-hybridized carbons (Fsp3) is 0.273. The molecule has 4 rings (SSSR count). The van der Waals surface area contributed by atoms with Crippen LogP contribution in [-0.2, 0) is 6.42 Å². The molecule has 2 aromatic heterocycles. The number of fused-ring (bicyclic) bond motifs is 1.